The number of nitrogens with one attached hydrogen (secondary N) is 1. The van der Waals surface area contributed by atoms with Crippen molar-refractivity contribution in [2.45, 2.75) is 31.9 Å². The lowest BCUT2D eigenvalue weighted by molar-refractivity contribution is 0.0632. The van der Waals surface area contributed by atoms with Crippen molar-refractivity contribution < 1.29 is 24.1 Å². The van der Waals surface area contributed by atoms with Gasteiger partial charge in [-0.2, -0.15) is 0 Å². The van der Waals surface area contributed by atoms with Crippen molar-refractivity contribution in [2.75, 3.05) is 29.1 Å². The highest BCUT2D eigenvalue weighted by Gasteiger charge is 2.38. The number of carboxylic acid groups (broad SMARTS) is 1. The van der Waals surface area contributed by atoms with Crippen molar-refractivity contribution in [2.24, 2.45) is 0 Å². The van der Waals surface area contributed by atoms with E-state index in [1.54, 1.807) is 18.3 Å². The second-order valence-electron chi connectivity index (χ2n) is 8.03. The molecule has 5 N–H and O–H groups in total. The van der Waals surface area contributed by atoms with Crippen molar-refractivity contribution in [1.29, 1.82) is 0 Å². The summed E-state index contributed by atoms with van der Waals surface area (Å²) >= 11 is 0. The Morgan fingerprint density at radius 2 is 2.09 bits per heavy atom. The van der Waals surface area contributed by atoms with E-state index in [-0.39, 0.29) is 17.1 Å². The molecule has 2 atom stereocenters. The van der Waals surface area contributed by atoms with E-state index in [0.717, 1.165) is 10.5 Å². The zero-order valence-corrected chi connectivity index (χ0v) is 17.3. The first-order valence-corrected chi connectivity index (χ1v) is 10.3. The third kappa shape index (κ3) is 3.06. The van der Waals surface area contributed by atoms with Crippen molar-refractivity contribution >= 4 is 34.1 Å². The lowest BCUT2D eigenvalue weighted by Gasteiger charge is -2.39. The average molecular weight is 439 g/mol. The van der Waals surface area contributed by atoms with Gasteiger partial charge in [0.05, 0.1) is 17.8 Å². The van der Waals surface area contributed by atoms with Gasteiger partial charge in [-0.05, 0) is 42.8 Å². The molecule has 2 unspecified atom stereocenters. The molecule has 1 amide bonds. The number of rotatable bonds is 3. The zero-order chi connectivity index (χ0) is 22.6. The van der Waals surface area contributed by atoms with Crippen molar-refractivity contribution in [3.05, 3.63) is 35.9 Å². The number of hydrogen-bond acceptors (Lipinski definition) is 7. The van der Waals surface area contributed by atoms with Gasteiger partial charge in [-0.25, -0.2) is 19.2 Å². The Balaban J connectivity index is 1.65. The number of anilines is 3. The molecule has 0 spiro atoms. The van der Waals surface area contributed by atoms with Crippen LogP contribution in [0.4, 0.5) is 26.4 Å². The number of amides is 1. The molecule has 10 heteroatoms. The summed E-state index contributed by atoms with van der Waals surface area (Å²) in [6.45, 7) is 2.97. The molecule has 32 heavy (non-hydrogen) atoms. The number of aliphatic hydroxyl groups is 1. The number of aromatic nitrogens is 2. The number of halogens is 1. The molecule has 2 aliphatic rings. The summed E-state index contributed by atoms with van der Waals surface area (Å²) in [5, 5.41) is 23.8. The van der Waals surface area contributed by atoms with Gasteiger partial charge >= 0.3 is 6.09 Å². The van der Waals surface area contributed by atoms with Gasteiger partial charge in [-0.15, -0.1) is 0 Å². The molecule has 3 heterocycles. The number of fused-ring (bicyclic) bond motifs is 2. The van der Waals surface area contributed by atoms with Gasteiger partial charge in [0.2, 0.25) is 5.88 Å². The molecular formula is C22H22FN5O4. The summed E-state index contributed by atoms with van der Waals surface area (Å²) in [6, 6.07) is 2.60. The van der Waals surface area contributed by atoms with E-state index in [1.165, 1.54) is 6.20 Å². The maximum atomic E-state index is 15.3. The molecule has 2 aromatic heterocycles. The Hall–Kier alpha value is -3.66. The summed E-state index contributed by atoms with van der Waals surface area (Å²) in [5.74, 6) is 0.0218. The molecule has 0 saturated heterocycles. The van der Waals surface area contributed by atoms with E-state index < -0.39 is 24.1 Å². The van der Waals surface area contributed by atoms with Crippen molar-refractivity contribution in [1.82, 2.24) is 9.97 Å². The van der Waals surface area contributed by atoms with Crippen LogP contribution in [-0.2, 0) is 0 Å². The highest BCUT2D eigenvalue weighted by Crippen LogP contribution is 2.40. The molecule has 166 valence electrons. The molecule has 3 aromatic rings. The number of nitrogen functional groups attached to an aromatic ring is 1. The number of hydrogen-bond donors (Lipinski definition) is 4. The van der Waals surface area contributed by atoms with Crippen LogP contribution < -0.4 is 20.7 Å². The minimum absolute atomic E-state index is 0.0802. The Morgan fingerprint density at radius 3 is 2.78 bits per heavy atom. The Bertz CT molecular complexity index is 1250. The highest BCUT2D eigenvalue weighted by molar-refractivity contribution is 6.00. The van der Waals surface area contributed by atoms with Crippen LogP contribution in [0.25, 0.3) is 21.9 Å². The Kier molecular flexibility index (Phi) is 4.74. The quantitative estimate of drug-likeness (QED) is 0.458. The predicted molar refractivity (Wildman–Crippen MR) is 118 cm³/mol. The van der Waals surface area contributed by atoms with Crippen LogP contribution in [0.3, 0.4) is 0 Å². The van der Waals surface area contributed by atoms with Crippen LogP contribution in [0.5, 0.6) is 5.88 Å². The fourth-order valence-electron chi connectivity index (χ4n) is 4.28. The largest absolute Gasteiger partial charge is 0.474 e. The Labute approximate surface area is 182 Å². The van der Waals surface area contributed by atoms with Gasteiger partial charge in [-0.3, -0.25) is 4.90 Å². The maximum absolute atomic E-state index is 15.3. The molecule has 1 saturated carbocycles. The fourth-order valence-corrected chi connectivity index (χ4v) is 4.28. The van der Waals surface area contributed by atoms with Crippen LogP contribution in [0, 0.1) is 12.7 Å². The number of benzene rings is 1. The molecule has 1 fully saturated rings. The number of nitrogens with zero attached hydrogens (tertiary/aromatic N) is 3. The van der Waals surface area contributed by atoms with Gasteiger partial charge in [0.15, 0.2) is 5.82 Å². The lowest BCUT2D eigenvalue weighted by atomic mass is 9.88. The zero-order valence-electron chi connectivity index (χ0n) is 17.3. The first kappa shape index (κ1) is 20.3. The standard InChI is InChI=1S/C22H22FN5O4/c1-10-13(8-27-21-20(10)25-4-5-32-21)12-6-11-7-17(26-9-14(11)19(24)18(12)23)28(22(30)31)15-2-3-16(15)29/h6-9,15-16,25,29H,2-5,24H2,1H3,(H,30,31). The van der Waals surface area contributed by atoms with E-state index in [0.29, 0.717) is 53.9 Å². The van der Waals surface area contributed by atoms with Gasteiger partial charge in [0, 0.05) is 35.5 Å². The van der Waals surface area contributed by atoms with Crippen LogP contribution in [-0.4, -0.2) is 51.6 Å². The van der Waals surface area contributed by atoms with Crippen LogP contribution in [0.15, 0.2) is 24.5 Å². The molecular weight excluding hydrogens is 417 g/mol. The fraction of sp³-hybridized carbons (Fsp3) is 0.318. The lowest BCUT2D eigenvalue weighted by Crippen LogP contribution is -2.53. The minimum Gasteiger partial charge on any atom is -0.474 e. The van der Waals surface area contributed by atoms with Crippen molar-refractivity contribution in [3.63, 3.8) is 0 Å². The average Bonchev–Trinajstić information content (AvgIpc) is 2.79. The Morgan fingerprint density at radius 1 is 1.28 bits per heavy atom. The van der Waals surface area contributed by atoms with Gasteiger partial charge in [-0.1, -0.05) is 0 Å². The highest BCUT2D eigenvalue weighted by atomic mass is 19.1. The third-order valence-corrected chi connectivity index (χ3v) is 6.21. The first-order valence-electron chi connectivity index (χ1n) is 10.3. The molecule has 5 rings (SSSR count). The summed E-state index contributed by atoms with van der Waals surface area (Å²) in [4.78, 5) is 21.4. The van der Waals surface area contributed by atoms with Crippen LogP contribution in [0.2, 0.25) is 0 Å². The first-order chi connectivity index (χ1) is 15.4. The van der Waals surface area contributed by atoms with Gasteiger partial charge < -0.3 is 26.0 Å². The monoisotopic (exact) mass is 439 g/mol. The van der Waals surface area contributed by atoms with Gasteiger partial charge in [0.1, 0.15) is 18.1 Å². The maximum Gasteiger partial charge on any atom is 0.413 e. The van der Waals surface area contributed by atoms with Crippen LogP contribution >= 0.6 is 0 Å². The summed E-state index contributed by atoms with van der Waals surface area (Å²) < 4.78 is 20.8. The van der Waals surface area contributed by atoms with E-state index in [2.05, 4.69) is 15.3 Å². The molecule has 1 aliphatic heterocycles. The van der Waals surface area contributed by atoms with E-state index >= 15 is 4.39 Å². The summed E-state index contributed by atoms with van der Waals surface area (Å²) in [5.41, 5.74) is 8.30. The predicted octanol–water partition coefficient (Wildman–Crippen LogP) is 3.14. The van der Waals surface area contributed by atoms with Crippen molar-refractivity contribution in [3.8, 4) is 17.0 Å². The summed E-state index contributed by atoms with van der Waals surface area (Å²) in [6.07, 6.45) is 2.03. The molecule has 0 bridgehead atoms. The minimum atomic E-state index is -1.21. The molecule has 1 aromatic carbocycles. The topological polar surface area (TPSA) is 134 Å². The van der Waals surface area contributed by atoms with E-state index in [4.69, 9.17) is 10.5 Å². The summed E-state index contributed by atoms with van der Waals surface area (Å²) in [7, 11) is 0. The second-order valence-corrected chi connectivity index (χ2v) is 8.03. The molecule has 0 radical (unpaired) electrons. The molecule has 9 nitrogen and oxygen atoms in total. The third-order valence-electron chi connectivity index (χ3n) is 6.21. The molecule has 1 aliphatic carbocycles. The SMILES string of the molecule is Cc1c(-c2cc3cc(N(C(=O)O)C4CCC4O)ncc3c(N)c2F)cnc2c1NCCO2. The number of carbonyl (C=O) groups is 1. The number of aliphatic hydroxyl groups excluding tert-OH is 1. The van der Waals surface area contributed by atoms with E-state index in [1.807, 2.05) is 6.92 Å². The van der Waals surface area contributed by atoms with E-state index in [9.17, 15) is 15.0 Å². The normalized spacial score (nSPS) is 19.5. The number of pyridine rings is 2. The second kappa shape index (κ2) is 7.49. The van der Waals surface area contributed by atoms with Crippen LogP contribution in [0.1, 0.15) is 18.4 Å². The van der Waals surface area contributed by atoms with Gasteiger partial charge in [0.25, 0.3) is 0 Å². The number of nitrogens with two attached hydrogens (primary N) is 1. The number of ether oxygens (including phenoxy) is 1. The smallest absolute Gasteiger partial charge is 0.413 e.